The van der Waals surface area contributed by atoms with Gasteiger partial charge in [-0.1, -0.05) is 26.0 Å². The first-order valence-electron chi connectivity index (χ1n) is 6.50. The fourth-order valence-electron chi connectivity index (χ4n) is 1.84. The van der Waals surface area contributed by atoms with Gasteiger partial charge in [-0.2, -0.15) is 0 Å². The van der Waals surface area contributed by atoms with Crippen LogP contribution in [0.15, 0.2) is 36.7 Å². The van der Waals surface area contributed by atoms with Crippen molar-refractivity contribution in [2.45, 2.75) is 33.4 Å². The molecule has 0 bridgehead atoms. The Balaban J connectivity index is 2.24. The van der Waals surface area contributed by atoms with Crippen LogP contribution in [0, 0.1) is 12.7 Å². The molecule has 1 aromatic carbocycles. The van der Waals surface area contributed by atoms with Crippen molar-refractivity contribution >= 4 is 0 Å². The Kier molecular flexibility index (Phi) is 4.27. The number of pyridine rings is 1. The number of nitrogens with one attached hydrogen (secondary N) is 1. The van der Waals surface area contributed by atoms with Crippen molar-refractivity contribution in [1.82, 2.24) is 10.3 Å². The van der Waals surface area contributed by atoms with Crippen LogP contribution in [0.1, 0.15) is 25.0 Å². The van der Waals surface area contributed by atoms with Crippen molar-refractivity contribution in [2.24, 2.45) is 0 Å². The highest BCUT2D eigenvalue weighted by molar-refractivity contribution is 5.63. The lowest BCUT2D eigenvalue weighted by atomic mass is 10.0. The zero-order valence-electron chi connectivity index (χ0n) is 11.6. The number of rotatable bonds is 4. The molecular formula is C16H19FN2. The standard InChI is InChI=1S/C16H19FN2/c1-11(2)19-9-13-6-15(10-18-8-13)14-5-4-12(3)16(17)7-14/h4-8,10-11,19H,9H2,1-3H3. The van der Waals surface area contributed by atoms with Crippen molar-refractivity contribution in [1.29, 1.82) is 0 Å². The molecule has 0 spiro atoms. The summed E-state index contributed by atoms with van der Waals surface area (Å²) in [6.45, 7) is 6.74. The molecule has 0 radical (unpaired) electrons. The molecule has 0 aliphatic rings. The molecule has 1 aromatic heterocycles. The number of halogens is 1. The van der Waals surface area contributed by atoms with E-state index in [4.69, 9.17) is 0 Å². The summed E-state index contributed by atoms with van der Waals surface area (Å²) in [5.74, 6) is -0.178. The van der Waals surface area contributed by atoms with E-state index in [9.17, 15) is 4.39 Å². The summed E-state index contributed by atoms with van der Waals surface area (Å²) >= 11 is 0. The minimum atomic E-state index is -0.178. The topological polar surface area (TPSA) is 24.9 Å². The third-order valence-corrected chi connectivity index (χ3v) is 3.01. The maximum absolute atomic E-state index is 13.6. The Hall–Kier alpha value is -1.74. The first-order valence-corrected chi connectivity index (χ1v) is 6.50. The fraction of sp³-hybridized carbons (Fsp3) is 0.312. The first kappa shape index (κ1) is 13.7. The van der Waals surface area contributed by atoms with Crippen LogP contribution in [0.5, 0.6) is 0 Å². The van der Waals surface area contributed by atoms with Crippen LogP contribution in [0.4, 0.5) is 4.39 Å². The number of hydrogen-bond acceptors (Lipinski definition) is 2. The van der Waals surface area contributed by atoms with Crippen LogP contribution in [0.3, 0.4) is 0 Å². The van der Waals surface area contributed by atoms with Crippen molar-refractivity contribution in [3.63, 3.8) is 0 Å². The zero-order valence-corrected chi connectivity index (χ0v) is 11.6. The molecule has 0 saturated carbocycles. The Labute approximate surface area is 113 Å². The highest BCUT2D eigenvalue weighted by Crippen LogP contribution is 2.21. The van der Waals surface area contributed by atoms with Crippen LogP contribution < -0.4 is 5.32 Å². The third-order valence-electron chi connectivity index (χ3n) is 3.01. The van der Waals surface area contributed by atoms with E-state index in [-0.39, 0.29) is 5.82 Å². The average molecular weight is 258 g/mol. The van der Waals surface area contributed by atoms with Gasteiger partial charge in [0, 0.05) is 30.5 Å². The second-order valence-corrected chi connectivity index (χ2v) is 5.08. The molecule has 3 heteroatoms. The van der Waals surface area contributed by atoms with Gasteiger partial charge in [-0.05, 0) is 35.7 Å². The SMILES string of the molecule is Cc1ccc(-c2cncc(CNC(C)C)c2)cc1F. The van der Waals surface area contributed by atoms with E-state index in [1.54, 1.807) is 25.3 Å². The van der Waals surface area contributed by atoms with Crippen LogP contribution >= 0.6 is 0 Å². The minimum Gasteiger partial charge on any atom is -0.310 e. The predicted molar refractivity (Wildman–Crippen MR) is 76.3 cm³/mol. The lowest BCUT2D eigenvalue weighted by molar-refractivity contribution is 0.588. The Morgan fingerprint density at radius 2 is 1.95 bits per heavy atom. The van der Waals surface area contributed by atoms with E-state index < -0.39 is 0 Å². The molecule has 2 nitrogen and oxygen atoms in total. The Morgan fingerprint density at radius 1 is 1.16 bits per heavy atom. The van der Waals surface area contributed by atoms with E-state index >= 15 is 0 Å². The van der Waals surface area contributed by atoms with E-state index in [1.165, 1.54) is 0 Å². The second kappa shape index (κ2) is 5.93. The second-order valence-electron chi connectivity index (χ2n) is 5.08. The minimum absolute atomic E-state index is 0.178. The van der Waals surface area contributed by atoms with Gasteiger partial charge >= 0.3 is 0 Å². The zero-order chi connectivity index (χ0) is 13.8. The summed E-state index contributed by atoms with van der Waals surface area (Å²) in [5.41, 5.74) is 3.57. The number of aromatic nitrogens is 1. The molecular weight excluding hydrogens is 239 g/mol. The van der Waals surface area contributed by atoms with Crippen molar-refractivity contribution in [3.05, 3.63) is 53.6 Å². The maximum atomic E-state index is 13.6. The molecule has 19 heavy (non-hydrogen) atoms. The van der Waals surface area contributed by atoms with E-state index in [1.807, 2.05) is 18.3 Å². The van der Waals surface area contributed by atoms with Gasteiger partial charge in [-0.3, -0.25) is 4.98 Å². The molecule has 2 aromatic rings. The Morgan fingerprint density at radius 3 is 2.63 bits per heavy atom. The summed E-state index contributed by atoms with van der Waals surface area (Å²) in [5, 5.41) is 3.35. The average Bonchev–Trinajstić information content (AvgIpc) is 2.40. The normalized spacial score (nSPS) is 11.0. The lowest BCUT2D eigenvalue weighted by Crippen LogP contribution is -2.21. The van der Waals surface area contributed by atoms with Crippen molar-refractivity contribution in [3.8, 4) is 11.1 Å². The van der Waals surface area contributed by atoms with E-state index in [0.29, 0.717) is 11.6 Å². The highest BCUT2D eigenvalue weighted by Gasteiger charge is 2.04. The van der Waals surface area contributed by atoms with Gasteiger partial charge in [-0.25, -0.2) is 4.39 Å². The van der Waals surface area contributed by atoms with Gasteiger partial charge in [0.15, 0.2) is 0 Å². The summed E-state index contributed by atoms with van der Waals surface area (Å²) in [6, 6.07) is 7.76. The monoisotopic (exact) mass is 258 g/mol. The number of hydrogen-bond donors (Lipinski definition) is 1. The molecule has 0 saturated heterocycles. The highest BCUT2D eigenvalue weighted by atomic mass is 19.1. The smallest absolute Gasteiger partial charge is 0.126 e. The van der Waals surface area contributed by atoms with Crippen LogP contribution in [-0.4, -0.2) is 11.0 Å². The molecule has 1 N–H and O–H groups in total. The predicted octanol–water partition coefficient (Wildman–Crippen LogP) is 3.69. The van der Waals surface area contributed by atoms with Gasteiger partial charge in [-0.15, -0.1) is 0 Å². The van der Waals surface area contributed by atoms with E-state index in [2.05, 4.69) is 24.1 Å². The third kappa shape index (κ3) is 3.61. The first-order chi connectivity index (χ1) is 9.06. The molecule has 0 atom stereocenters. The summed E-state index contributed by atoms with van der Waals surface area (Å²) in [7, 11) is 0. The maximum Gasteiger partial charge on any atom is 0.126 e. The molecule has 0 fully saturated rings. The molecule has 100 valence electrons. The van der Waals surface area contributed by atoms with Crippen molar-refractivity contribution < 1.29 is 4.39 Å². The quantitative estimate of drug-likeness (QED) is 0.904. The van der Waals surface area contributed by atoms with Crippen LogP contribution in [0.25, 0.3) is 11.1 Å². The largest absolute Gasteiger partial charge is 0.310 e. The number of nitrogens with zero attached hydrogens (tertiary/aromatic N) is 1. The molecule has 0 unspecified atom stereocenters. The lowest BCUT2D eigenvalue weighted by Gasteiger charge is -2.09. The number of benzene rings is 1. The molecule has 0 amide bonds. The van der Waals surface area contributed by atoms with Gasteiger partial charge in [0.05, 0.1) is 0 Å². The van der Waals surface area contributed by atoms with Crippen LogP contribution in [0.2, 0.25) is 0 Å². The summed E-state index contributed by atoms with van der Waals surface area (Å²) in [6.07, 6.45) is 3.60. The van der Waals surface area contributed by atoms with Gasteiger partial charge in [0.1, 0.15) is 5.82 Å². The number of aryl methyl sites for hydroxylation is 1. The van der Waals surface area contributed by atoms with Gasteiger partial charge < -0.3 is 5.32 Å². The van der Waals surface area contributed by atoms with Crippen LogP contribution in [-0.2, 0) is 6.54 Å². The molecule has 0 aliphatic carbocycles. The summed E-state index contributed by atoms with van der Waals surface area (Å²) in [4.78, 5) is 4.23. The Bertz CT molecular complexity index is 564. The van der Waals surface area contributed by atoms with Gasteiger partial charge in [0.25, 0.3) is 0 Å². The molecule has 2 rings (SSSR count). The molecule has 1 heterocycles. The van der Waals surface area contributed by atoms with Crippen molar-refractivity contribution in [2.75, 3.05) is 0 Å². The molecule has 0 aliphatic heterocycles. The summed E-state index contributed by atoms with van der Waals surface area (Å²) < 4.78 is 13.6. The van der Waals surface area contributed by atoms with E-state index in [0.717, 1.165) is 23.2 Å². The van der Waals surface area contributed by atoms with Gasteiger partial charge in [0.2, 0.25) is 0 Å². The fourth-order valence-corrected chi connectivity index (χ4v) is 1.84.